The second kappa shape index (κ2) is 6.87. The van der Waals surface area contributed by atoms with Gasteiger partial charge in [0, 0.05) is 38.0 Å². The lowest BCUT2D eigenvalue weighted by atomic mass is 10.1. The summed E-state index contributed by atoms with van der Waals surface area (Å²) in [5.74, 6) is 0.601. The van der Waals surface area contributed by atoms with E-state index in [1.165, 1.54) is 0 Å². The molecule has 0 N–H and O–H groups in total. The van der Waals surface area contributed by atoms with Crippen LogP contribution in [0.2, 0.25) is 5.02 Å². The molecule has 1 aromatic rings. The lowest BCUT2D eigenvalue weighted by Crippen LogP contribution is -2.30. The van der Waals surface area contributed by atoms with Crippen LogP contribution >= 0.6 is 11.6 Å². The average Bonchev–Trinajstić information content (AvgIpc) is 2.88. The van der Waals surface area contributed by atoms with Gasteiger partial charge in [0.25, 0.3) is 0 Å². The van der Waals surface area contributed by atoms with Crippen LogP contribution in [0, 0.1) is 5.92 Å². The molecule has 0 saturated carbocycles. The first kappa shape index (κ1) is 14.3. The molecular formula is C14H19ClN2O2. The third-order valence-electron chi connectivity index (χ3n) is 3.39. The number of nitrogens with zero attached hydrogens (tertiary/aromatic N) is 2. The molecule has 0 aliphatic carbocycles. The van der Waals surface area contributed by atoms with Gasteiger partial charge in [0.2, 0.25) is 5.91 Å². The number of rotatable bonds is 5. The normalized spacial score (nSPS) is 18.8. The first-order valence-electron chi connectivity index (χ1n) is 6.64. The van der Waals surface area contributed by atoms with E-state index in [0.29, 0.717) is 17.4 Å². The molecule has 1 fully saturated rings. The minimum atomic E-state index is 0.132. The molecule has 0 radical (unpaired) electrons. The monoisotopic (exact) mass is 282 g/mol. The maximum atomic E-state index is 12.2. The molecule has 0 bridgehead atoms. The van der Waals surface area contributed by atoms with E-state index in [2.05, 4.69) is 4.98 Å². The van der Waals surface area contributed by atoms with Crippen LogP contribution in [0.15, 0.2) is 18.5 Å². The minimum absolute atomic E-state index is 0.132. The zero-order valence-electron chi connectivity index (χ0n) is 11.1. The van der Waals surface area contributed by atoms with Gasteiger partial charge in [0.05, 0.1) is 18.1 Å². The van der Waals surface area contributed by atoms with Gasteiger partial charge in [-0.3, -0.25) is 9.78 Å². The van der Waals surface area contributed by atoms with Crippen molar-refractivity contribution in [3.05, 3.63) is 29.0 Å². The number of aromatic nitrogens is 1. The lowest BCUT2D eigenvalue weighted by molar-refractivity contribution is -0.129. The van der Waals surface area contributed by atoms with E-state index in [1.54, 1.807) is 18.5 Å². The van der Waals surface area contributed by atoms with E-state index in [4.69, 9.17) is 16.3 Å². The highest BCUT2D eigenvalue weighted by molar-refractivity contribution is 6.31. The molecule has 0 aromatic carbocycles. The summed E-state index contributed by atoms with van der Waals surface area (Å²) in [6.45, 7) is 5.08. The molecular weight excluding hydrogens is 264 g/mol. The molecule has 0 spiro atoms. The summed E-state index contributed by atoms with van der Waals surface area (Å²) in [4.78, 5) is 18.0. The van der Waals surface area contributed by atoms with E-state index in [0.717, 1.165) is 38.3 Å². The fourth-order valence-electron chi connectivity index (χ4n) is 2.30. The van der Waals surface area contributed by atoms with Gasteiger partial charge in [0.1, 0.15) is 0 Å². The summed E-state index contributed by atoms with van der Waals surface area (Å²) in [6, 6.07) is 1.80. The number of ether oxygens (including phenoxy) is 1. The number of pyridine rings is 1. The Morgan fingerprint density at radius 3 is 3.21 bits per heavy atom. The Hall–Kier alpha value is -1.13. The van der Waals surface area contributed by atoms with E-state index < -0.39 is 0 Å². The molecule has 1 saturated heterocycles. The molecule has 1 amide bonds. The number of carbonyl (C=O) groups excluding carboxylic acids is 1. The van der Waals surface area contributed by atoms with Gasteiger partial charge >= 0.3 is 0 Å². The van der Waals surface area contributed by atoms with Crippen molar-refractivity contribution >= 4 is 17.5 Å². The first-order valence-corrected chi connectivity index (χ1v) is 7.02. The fraction of sp³-hybridized carbons (Fsp3) is 0.571. The quantitative estimate of drug-likeness (QED) is 0.831. The van der Waals surface area contributed by atoms with E-state index in [1.807, 2.05) is 11.8 Å². The van der Waals surface area contributed by atoms with Gasteiger partial charge in [-0.2, -0.15) is 0 Å². The Balaban J connectivity index is 1.86. The molecule has 2 heterocycles. The van der Waals surface area contributed by atoms with Crippen LogP contribution < -0.4 is 0 Å². The molecule has 1 atom stereocenters. The second-order valence-corrected chi connectivity index (χ2v) is 5.20. The molecule has 1 aliphatic heterocycles. The molecule has 1 aliphatic rings. The predicted octanol–water partition coefficient (Wildman–Crippen LogP) is 2.16. The highest BCUT2D eigenvalue weighted by Crippen LogP contribution is 2.20. The standard InChI is InChI=1S/C14H19ClN2O2/c1-2-19-10-11-4-6-17(9-11)14(18)7-12-3-5-16-8-13(12)15/h3,5,8,11H,2,4,6-7,9-10H2,1H3. The molecule has 19 heavy (non-hydrogen) atoms. The van der Waals surface area contributed by atoms with Gasteiger partial charge < -0.3 is 9.64 Å². The Kier molecular flexibility index (Phi) is 5.16. The Bertz CT molecular complexity index is 439. The Morgan fingerprint density at radius 2 is 2.47 bits per heavy atom. The van der Waals surface area contributed by atoms with Gasteiger partial charge in [-0.15, -0.1) is 0 Å². The van der Waals surface area contributed by atoms with Crippen LogP contribution in [0.5, 0.6) is 0 Å². The van der Waals surface area contributed by atoms with E-state index in [-0.39, 0.29) is 5.91 Å². The Morgan fingerprint density at radius 1 is 1.63 bits per heavy atom. The fourth-order valence-corrected chi connectivity index (χ4v) is 2.49. The van der Waals surface area contributed by atoms with E-state index >= 15 is 0 Å². The average molecular weight is 283 g/mol. The van der Waals surface area contributed by atoms with Crippen molar-refractivity contribution < 1.29 is 9.53 Å². The van der Waals surface area contributed by atoms with Crippen molar-refractivity contribution in [2.45, 2.75) is 19.8 Å². The molecule has 1 aromatic heterocycles. The molecule has 2 rings (SSSR count). The maximum absolute atomic E-state index is 12.2. The third-order valence-corrected chi connectivity index (χ3v) is 3.73. The summed E-state index contributed by atoms with van der Waals surface area (Å²) in [5.41, 5.74) is 0.843. The van der Waals surface area contributed by atoms with Gasteiger partial charge in [0.15, 0.2) is 0 Å². The molecule has 1 unspecified atom stereocenters. The summed E-state index contributed by atoms with van der Waals surface area (Å²) in [6.07, 6.45) is 4.61. The van der Waals surface area contributed by atoms with Gasteiger partial charge in [-0.25, -0.2) is 0 Å². The van der Waals surface area contributed by atoms with Crippen molar-refractivity contribution in [2.24, 2.45) is 5.92 Å². The van der Waals surface area contributed by atoms with Crippen LogP contribution in [0.3, 0.4) is 0 Å². The third kappa shape index (κ3) is 3.91. The lowest BCUT2D eigenvalue weighted by Gasteiger charge is -2.17. The highest BCUT2D eigenvalue weighted by atomic mass is 35.5. The van der Waals surface area contributed by atoms with Crippen LogP contribution in [-0.2, 0) is 16.0 Å². The topological polar surface area (TPSA) is 42.4 Å². The minimum Gasteiger partial charge on any atom is -0.381 e. The van der Waals surface area contributed by atoms with Crippen molar-refractivity contribution in [3.8, 4) is 0 Å². The van der Waals surface area contributed by atoms with Crippen LogP contribution in [0.1, 0.15) is 18.9 Å². The van der Waals surface area contributed by atoms with Crippen LogP contribution in [0.25, 0.3) is 0 Å². The van der Waals surface area contributed by atoms with Gasteiger partial charge in [-0.05, 0) is 25.0 Å². The number of hydrogen-bond acceptors (Lipinski definition) is 3. The summed E-state index contributed by atoms with van der Waals surface area (Å²) in [5, 5.41) is 0.556. The SMILES string of the molecule is CCOCC1CCN(C(=O)Cc2ccncc2Cl)C1. The zero-order chi connectivity index (χ0) is 13.7. The molecule has 104 valence electrons. The van der Waals surface area contributed by atoms with Crippen LogP contribution in [0.4, 0.5) is 0 Å². The maximum Gasteiger partial charge on any atom is 0.227 e. The first-order chi connectivity index (χ1) is 9.20. The number of halogens is 1. The number of amides is 1. The van der Waals surface area contributed by atoms with E-state index in [9.17, 15) is 4.79 Å². The van der Waals surface area contributed by atoms with Crippen molar-refractivity contribution in [3.63, 3.8) is 0 Å². The predicted molar refractivity (Wildman–Crippen MR) is 74.1 cm³/mol. The second-order valence-electron chi connectivity index (χ2n) is 4.80. The number of likely N-dealkylation sites (tertiary alicyclic amines) is 1. The molecule has 5 heteroatoms. The summed E-state index contributed by atoms with van der Waals surface area (Å²) in [7, 11) is 0. The van der Waals surface area contributed by atoms with Crippen molar-refractivity contribution in [1.29, 1.82) is 0 Å². The number of hydrogen-bond donors (Lipinski definition) is 0. The largest absolute Gasteiger partial charge is 0.381 e. The summed E-state index contributed by atoms with van der Waals surface area (Å²) >= 11 is 6.02. The van der Waals surface area contributed by atoms with Crippen molar-refractivity contribution in [2.75, 3.05) is 26.3 Å². The van der Waals surface area contributed by atoms with Crippen LogP contribution in [-0.4, -0.2) is 42.1 Å². The van der Waals surface area contributed by atoms with Gasteiger partial charge in [-0.1, -0.05) is 11.6 Å². The number of carbonyl (C=O) groups is 1. The highest BCUT2D eigenvalue weighted by Gasteiger charge is 2.26. The zero-order valence-corrected chi connectivity index (χ0v) is 11.9. The smallest absolute Gasteiger partial charge is 0.227 e. The van der Waals surface area contributed by atoms with Crippen molar-refractivity contribution in [1.82, 2.24) is 9.88 Å². The Labute approximate surface area is 118 Å². The summed E-state index contributed by atoms with van der Waals surface area (Å²) < 4.78 is 5.42. The molecule has 4 nitrogen and oxygen atoms in total.